The molecular weight excluding hydrogens is 296 g/mol. The van der Waals surface area contributed by atoms with Crippen molar-refractivity contribution in [3.63, 3.8) is 0 Å². The number of halogens is 3. The first-order valence-electron chi connectivity index (χ1n) is 6.34. The van der Waals surface area contributed by atoms with E-state index in [4.69, 9.17) is 28.9 Å². The van der Waals surface area contributed by atoms with Gasteiger partial charge in [0, 0.05) is 15.6 Å². The molecule has 20 heavy (non-hydrogen) atoms. The van der Waals surface area contributed by atoms with E-state index in [1.807, 2.05) is 6.92 Å². The van der Waals surface area contributed by atoms with E-state index in [1.54, 1.807) is 36.4 Å². The zero-order valence-electron chi connectivity index (χ0n) is 11.2. The maximum atomic E-state index is 13.7. The average Bonchev–Trinajstić information content (AvgIpc) is 2.37. The number of hydrogen-bond acceptors (Lipinski definition) is 1. The molecule has 0 amide bonds. The second-order valence-electron chi connectivity index (χ2n) is 5.30. The van der Waals surface area contributed by atoms with Gasteiger partial charge in [0.1, 0.15) is 5.82 Å². The quantitative estimate of drug-likeness (QED) is 0.875. The maximum Gasteiger partial charge on any atom is 0.126 e. The predicted molar refractivity (Wildman–Crippen MR) is 82.9 cm³/mol. The van der Waals surface area contributed by atoms with Crippen LogP contribution in [0.3, 0.4) is 0 Å². The molecule has 0 spiro atoms. The Bertz CT molecular complexity index is 591. The standard InChI is InChI=1S/C16H16Cl2FN/c1-16(20,9-11-5-2-3-8-15(11)19)10-12-13(17)6-4-7-14(12)18/h2-8H,9-10,20H2,1H3. The summed E-state index contributed by atoms with van der Waals surface area (Å²) in [4.78, 5) is 0. The Labute approximate surface area is 128 Å². The third kappa shape index (κ3) is 3.72. The first kappa shape index (κ1) is 15.3. The van der Waals surface area contributed by atoms with Gasteiger partial charge in [0.15, 0.2) is 0 Å². The molecule has 0 aliphatic rings. The van der Waals surface area contributed by atoms with Crippen molar-refractivity contribution < 1.29 is 4.39 Å². The molecule has 4 heteroatoms. The zero-order valence-corrected chi connectivity index (χ0v) is 12.7. The smallest absolute Gasteiger partial charge is 0.126 e. The van der Waals surface area contributed by atoms with Gasteiger partial charge < -0.3 is 5.73 Å². The van der Waals surface area contributed by atoms with E-state index in [0.717, 1.165) is 5.56 Å². The van der Waals surface area contributed by atoms with Crippen LogP contribution in [-0.4, -0.2) is 5.54 Å². The van der Waals surface area contributed by atoms with Gasteiger partial charge in [-0.25, -0.2) is 4.39 Å². The maximum absolute atomic E-state index is 13.7. The fourth-order valence-corrected chi connectivity index (χ4v) is 2.78. The van der Waals surface area contributed by atoms with E-state index in [9.17, 15) is 4.39 Å². The molecule has 0 aliphatic heterocycles. The van der Waals surface area contributed by atoms with Crippen LogP contribution in [-0.2, 0) is 12.8 Å². The van der Waals surface area contributed by atoms with Gasteiger partial charge in [-0.3, -0.25) is 0 Å². The van der Waals surface area contributed by atoms with Gasteiger partial charge in [-0.2, -0.15) is 0 Å². The summed E-state index contributed by atoms with van der Waals surface area (Å²) in [5.74, 6) is -0.241. The van der Waals surface area contributed by atoms with Crippen molar-refractivity contribution in [2.75, 3.05) is 0 Å². The molecule has 2 rings (SSSR count). The molecule has 0 saturated carbocycles. The highest BCUT2D eigenvalue weighted by Crippen LogP contribution is 2.29. The molecule has 0 bridgehead atoms. The molecule has 0 aliphatic carbocycles. The molecule has 0 heterocycles. The van der Waals surface area contributed by atoms with Gasteiger partial charge in [0.25, 0.3) is 0 Å². The highest BCUT2D eigenvalue weighted by atomic mass is 35.5. The highest BCUT2D eigenvalue weighted by Gasteiger charge is 2.23. The predicted octanol–water partition coefficient (Wildman–Crippen LogP) is 4.64. The summed E-state index contributed by atoms with van der Waals surface area (Å²) >= 11 is 12.3. The van der Waals surface area contributed by atoms with Crippen LogP contribution >= 0.6 is 23.2 Å². The summed E-state index contributed by atoms with van der Waals surface area (Å²) in [6, 6.07) is 12.0. The van der Waals surface area contributed by atoms with Crippen LogP contribution in [0.2, 0.25) is 10.0 Å². The average molecular weight is 312 g/mol. The van der Waals surface area contributed by atoms with Gasteiger partial charge in [0.05, 0.1) is 0 Å². The third-order valence-electron chi connectivity index (χ3n) is 3.19. The Balaban J connectivity index is 2.21. The van der Waals surface area contributed by atoms with Gasteiger partial charge in [-0.15, -0.1) is 0 Å². The van der Waals surface area contributed by atoms with Gasteiger partial charge in [-0.05, 0) is 49.1 Å². The first-order chi connectivity index (χ1) is 9.39. The minimum Gasteiger partial charge on any atom is -0.325 e. The van der Waals surface area contributed by atoms with Gasteiger partial charge >= 0.3 is 0 Å². The van der Waals surface area contributed by atoms with E-state index in [0.29, 0.717) is 28.5 Å². The lowest BCUT2D eigenvalue weighted by Crippen LogP contribution is -2.41. The molecule has 0 aromatic heterocycles. The summed E-state index contributed by atoms with van der Waals surface area (Å²) in [6.07, 6.45) is 0.904. The third-order valence-corrected chi connectivity index (χ3v) is 3.90. The summed E-state index contributed by atoms with van der Waals surface area (Å²) in [7, 11) is 0. The molecule has 106 valence electrons. The minimum absolute atomic E-state index is 0.241. The Morgan fingerprint density at radius 2 is 1.60 bits per heavy atom. The van der Waals surface area contributed by atoms with Gasteiger partial charge in [-0.1, -0.05) is 47.5 Å². The van der Waals surface area contributed by atoms with Crippen LogP contribution < -0.4 is 5.73 Å². The zero-order chi connectivity index (χ0) is 14.8. The SMILES string of the molecule is CC(N)(Cc1ccccc1F)Cc1c(Cl)cccc1Cl. The van der Waals surface area contributed by atoms with Crippen molar-refractivity contribution in [2.24, 2.45) is 5.73 Å². The van der Waals surface area contributed by atoms with E-state index in [2.05, 4.69) is 0 Å². The number of hydrogen-bond donors (Lipinski definition) is 1. The number of nitrogens with two attached hydrogens (primary N) is 1. The van der Waals surface area contributed by atoms with E-state index >= 15 is 0 Å². The Kier molecular flexibility index (Phi) is 4.69. The Morgan fingerprint density at radius 3 is 2.20 bits per heavy atom. The van der Waals surface area contributed by atoms with E-state index in [-0.39, 0.29) is 5.82 Å². The molecule has 0 radical (unpaired) electrons. The fourth-order valence-electron chi connectivity index (χ4n) is 2.24. The van der Waals surface area contributed by atoms with Crippen LogP contribution in [0.1, 0.15) is 18.1 Å². The van der Waals surface area contributed by atoms with Crippen molar-refractivity contribution in [1.82, 2.24) is 0 Å². The Morgan fingerprint density at radius 1 is 1.00 bits per heavy atom. The molecular formula is C16H16Cl2FN. The fraction of sp³-hybridized carbons (Fsp3) is 0.250. The van der Waals surface area contributed by atoms with Gasteiger partial charge in [0.2, 0.25) is 0 Å². The number of rotatable bonds is 4. The second kappa shape index (κ2) is 6.13. The highest BCUT2D eigenvalue weighted by molar-refractivity contribution is 6.36. The van der Waals surface area contributed by atoms with Crippen molar-refractivity contribution in [3.05, 3.63) is 69.5 Å². The van der Waals surface area contributed by atoms with Crippen LogP contribution in [0.4, 0.5) is 4.39 Å². The summed E-state index contributed by atoms with van der Waals surface area (Å²) in [5.41, 5.74) is 7.08. The molecule has 2 aromatic carbocycles. The first-order valence-corrected chi connectivity index (χ1v) is 7.10. The van der Waals surface area contributed by atoms with Crippen molar-refractivity contribution in [3.8, 4) is 0 Å². The van der Waals surface area contributed by atoms with E-state index < -0.39 is 5.54 Å². The molecule has 2 N–H and O–H groups in total. The summed E-state index contributed by atoms with van der Waals surface area (Å²) < 4.78 is 13.7. The minimum atomic E-state index is -0.628. The van der Waals surface area contributed by atoms with E-state index in [1.165, 1.54) is 6.07 Å². The molecule has 1 unspecified atom stereocenters. The second-order valence-corrected chi connectivity index (χ2v) is 6.11. The normalized spacial score (nSPS) is 14.1. The summed E-state index contributed by atoms with van der Waals surface area (Å²) in [6.45, 7) is 1.87. The topological polar surface area (TPSA) is 26.0 Å². The molecule has 0 saturated heterocycles. The lowest BCUT2D eigenvalue weighted by atomic mass is 9.87. The lowest BCUT2D eigenvalue weighted by Gasteiger charge is -2.26. The van der Waals surface area contributed by atoms with Crippen LogP contribution in [0.5, 0.6) is 0 Å². The summed E-state index contributed by atoms with van der Waals surface area (Å²) in [5, 5.41) is 1.17. The van der Waals surface area contributed by atoms with Crippen molar-refractivity contribution >= 4 is 23.2 Å². The Hall–Kier alpha value is -1.09. The lowest BCUT2D eigenvalue weighted by molar-refractivity contribution is 0.451. The van der Waals surface area contributed by atoms with Crippen LogP contribution in [0.25, 0.3) is 0 Å². The number of benzene rings is 2. The molecule has 2 aromatic rings. The molecule has 0 fully saturated rings. The van der Waals surface area contributed by atoms with Crippen LogP contribution in [0, 0.1) is 5.82 Å². The van der Waals surface area contributed by atoms with Crippen molar-refractivity contribution in [1.29, 1.82) is 0 Å². The molecule has 1 nitrogen and oxygen atoms in total. The molecule has 1 atom stereocenters. The largest absolute Gasteiger partial charge is 0.325 e. The monoisotopic (exact) mass is 311 g/mol. The van der Waals surface area contributed by atoms with Crippen LogP contribution in [0.15, 0.2) is 42.5 Å². The van der Waals surface area contributed by atoms with Crippen molar-refractivity contribution in [2.45, 2.75) is 25.3 Å².